The minimum absolute atomic E-state index is 0.0184. The summed E-state index contributed by atoms with van der Waals surface area (Å²) < 4.78 is 24.7. The lowest BCUT2D eigenvalue weighted by Crippen LogP contribution is -2.45. The SMILES string of the molecule is C[C@@H]1[C@@H]([Si](C)(C)F)[C@H](CCn2cc(CCO)nn2)O[C@@]12C(=O)N(Cc1cccc(N3CCCCCCC3=O)c1)c1ccc(Cl)cc12. The highest BCUT2D eigenvalue weighted by atomic mass is 35.5. The number of aryl methyl sites for hydroxylation is 1. The molecule has 0 saturated carbocycles. The van der Waals surface area contributed by atoms with Crippen molar-refractivity contribution in [3.8, 4) is 0 Å². The average Bonchev–Trinajstić information content (AvgIpc) is 3.64. The van der Waals surface area contributed by atoms with E-state index in [0.29, 0.717) is 54.3 Å². The van der Waals surface area contributed by atoms with E-state index in [1.807, 2.05) is 42.2 Å². The molecule has 0 unspecified atom stereocenters. The average molecular weight is 668 g/mol. The third-order valence-electron chi connectivity index (χ3n) is 9.91. The fraction of sp³-hybridized carbons (Fsp3) is 0.529. The Morgan fingerprint density at radius 1 is 1.13 bits per heavy atom. The second kappa shape index (κ2) is 13.2. The topological polar surface area (TPSA) is 101 Å². The third kappa shape index (κ3) is 6.14. The number of carbonyl (C=O) groups excluding carboxylic acids is 2. The Morgan fingerprint density at radius 2 is 1.93 bits per heavy atom. The van der Waals surface area contributed by atoms with Gasteiger partial charge in [-0.25, -0.2) is 0 Å². The van der Waals surface area contributed by atoms with Gasteiger partial charge >= 0.3 is 0 Å². The van der Waals surface area contributed by atoms with Crippen LogP contribution in [0.4, 0.5) is 15.5 Å². The number of halogens is 2. The third-order valence-corrected chi connectivity index (χ3v) is 12.6. The molecule has 0 aliphatic carbocycles. The molecule has 3 aliphatic heterocycles. The molecule has 1 N–H and O–H groups in total. The van der Waals surface area contributed by atoms with Crippen molar-refractivity contribution in [1.82, 2.24) is 15.0 Å². The van der Waals surface area contributed by atoms with Crippen molar-refractivity contribution in [2.24, 2.45) is 5.92 Å². The lowest BCUT2D eigenvalue weighted by molar-refractivity contribution is -0.146. The molecule has 12 heteroatoms. The summed E-state index contributed by atoms with van der Waals surface area (Å²) in [6.45, 7) is 6.69. The van der Waals surface area contributed by atoms with Gasteiger partial charge in [-0.05, 0) is 68.3 Å². The van der Waals surface area contributed by atoms with Crippen LogP contribution in [0.3, 0.4) is 0 Å². The maximum Gasteiger partial charge on any atom is 0.264 e. The number of nitrogens with zero attached hydrogens (tertiary/aromatic N) is 5. The number of aliphatic hydroxyl groups is 1. The van der Waals surface area contributed by atoms with E-state index in [1.165, 1.54) is 0 Å². The zero-order valence-corrected chi connectivity index (χ0v) is 28.5. The Hall–Kier alpha value is -3.12. The molecule has 4 heterocycles. The fourth-order valence-corrected chi connectivity index (χ4v) is 10.5. The monoisotopic (exact) mass is 667 g/mol. The first kappa shape index (κ1) is 32.8. The number of fused-ring (bicyclic) bond motifs is 2. The number of benzene rings is 2. The molecule has 3 aliphatic rings. The summed E-state index contributed by atoms with van der Waals surface area (Å²) in [4.78, 5) is 31.3. The number of amides is 2. The van der Waals surface area contributed by atoms with Crippen LogP contribution in [0.1, 0.15) is 62.3 Å². The Morgan fingerprint density at radius 3 is 2.72 bits per heavy atom. The van der Waals surface area contributed by atoms with Crippen LogP contribution in [-0.2, 0) is 39.4 Å². The van der Waals surface area contributed by atoms with Gasteiger partial charge in [-0.15, -0.1) is 5.10 Å². The molecule has 2 saturated heterocycles. The first-order valence-electron chi connectivity index (χ1n) is 16.4. The number of aromatic nitrogens is 3. The predicted molar refractivity (Wildman–Crippen MR) is 178 cm³/mol. The van der Waals surface area contributed by atoms with Gasteiger partial charge in [0.15, 0.2) is 5.60 Å². The number of carbonyl (C=O) groups is 2. The molecule has 2 aromatic carbocycles. The molecular weight excluding hydrogens is 625 g/mol. The van der Waals surface area contributed by atoms with Crippen LogP contribution in [-0.4, -0.2) is 59.6 Å². The summed E-state index contributed by atoms with van der Waals surface area (Å²) in [5, 5.41) is 18.0. The summed E-state index contributed by atoms with van der Waals surface area (Å²) in [6.07, 6.45) is 6.71. The summed E-state index contributed by atoms with van der Waals surface area (Å²) in [6, 6.07) is 13.3. The van der Waals surface area contributed by atoms with Crippen molar-refractivity contribution < 1.29 is 23.5 Å². The summed E-state index contributed by atoms with van der Waals surface area (Å²) in [5.41, 5.74) is 1.95. The zero-order chi connectivity index (χ0) is 32.6. The van der Waals surface area contributed by atoms with E-state index in [0.717, 1.165) is 36.9 Å². The van der Waals surface area contributed by atoms with Crippen LogP contribution in [0.15, 0.2) is 48.7 Å². The number of hydrogen-bond acceptors (Lipinski definition) is 6. The quantitative estimate of drug-likeness (QED) is 0.216. The van der Waals surface area contributed by atoms with E-state index >= 15 is 4.11 Å². The smallest absolute Gasteiger partial charge is 0.264 e. The number of aliphatic hydroxyl groups excluding tert-OH is 1. The molecule has 4 atom stereocenters. The van der Waals surface area contributed by atoms with Gasteiger partial charge in [0.1, 0.15) is 0 Å². The first-order valence-corrected chi connectivity index (χ1v) is 19.7. The minimum Gasteiger partial charge on any atom is -0.396 e. The molecule has 0 radical (unpaired) electrons. The van der Waals surface area contributed by atoms with Crippen LogP contribution in [0, 0.1) is 5.92 Å². The molecule has 2 fully saturated rings. The van der Waals surface area contributed by atoms with Gasteiger partial charge in [0.2, 0.25) is 14.3 Å². The summed E-state index contributed by atoms with van der Waals surface area (Å²) >= 11 is 6.54. The van der Waals surface area contributed by atoms with Crippen LogP contribution < -0.4 is 9.80 Å². The molecule has 2 amide bonds. The van der Waals surface area contributed by atoms with Gasteiger partial charge in [0.25, 0.3) is 5.91 Å². The van der Waals surface area contributed by atoms with Crippen LogP contribution in [0.5, 0.6) is 0 Å². The van der Waals surface area contributed by atoms with Gasteiger partial charge in [0, 0.05) is 66.5 Å². The molecule has 1 spiro atoms. The molecule has 3 aromatic rings. The number of rotatable bonds is 9. The Labute approximate surface area is 275 Å². The van der Waals surface area contributed by atoms with E-state index in [4.69, 9.17) is 16.3 Å². The van der Waals surface area contributed by atoms with Crippen LogP contribution in [0.2, 0.25) is 23.7 Å². The minimum atomic E-state index is -3.34. The van der Waals surface area contributed by atoms with Gasteiger partial charge < -0.3 is 23.8 Å². The Balaban J connectivity index is 1.31. The maximum atomic E-state index is 16.2. The van der Waals surface area contributed by atoms with E-state index in [2.05, 4.69) is 10.3 Å². The van der Waals surface area contributed by atoms with Gasteiger partial charge in [-0.3, -0.25) is 14.3 Å². The maximum absolute atomic E-state index is 16.2. The van der Waals surface area contributed by atoms with E-state index < -0.39 is 31.6 Å². The van der Waals surface area contributed by atoms with Crippen molar-refractivity contribution in [1.29, 1.82) is 0 Å². The predicted octanol–water partition coefficient (Wildman–Crippen LogP) is 6.18. The molecule has 0 bridgehead atoms. The van der Waals surface area contributed by atoms with Gasteiger partial charge in [-0.1, -0.05) is 48.7 Å². The zero-order valence-electron chi connectivity index (χ0n) is 26.8. The number of ether oxygens (including phenoxy) is 1. The second-order valence-electron chi connectivity index (χ2n) is 13.4. The van der Waals surface area contributed by atoms with E-state index in [1.54, 1.807) is 41.0 Å². The molecule has 246 valence electrons. The molecular formula is C34H43ClFN5O4Si. The normalized spacial score (nSPS) is 25.3. The first-order chi connectivity index (χ1) is 22.0. The molecule has 9 nitrogen and oxygen atoms in total. The summed E-state index contributed by atoms with van der Waals surface area (Å²) in [5.74, 6) is -0.530. The van der Waals surface area contributed by atoms with Crippen molar-refractivity contribution >= 4 is 43.2 Å². The van der Waals surface area contributed by atoms with Gasteiger partial charge in [-0.2, -0.15) is 0 Å². The van der Waals surface area contributed by atoms with Crippen LogP contribution >= 0.6 is 11.6 Å². The fourth-order valence-electron chi connectivity index (χ4n) is 7.82. The highest BCUT2D eigenvalue weighted by Crippen LogP contribution is 2.60. The van der Waals surface area contributed by atoms with Crippen molar-refractivity contribution in [2.45, 2.75) is 95.3 Å². The lowest BCUT2D eigenvalue weighted by Gasteiger charge is -2.31. The van der Waals surface area contributed by atoms with Crippen molar-refractivity contribution in [2.75, 3.05) is 23.0 Å². The number of anilines is 2. The summed E-state index contributed by atoms with van der Waals surface area (Å²) in [7, 11) is -3.34. The van der Waals surface area contributed by atoms with E-state index in [-0.39, 0.29) is 25.0 Å². The molecule has 6 rings (SSSR count). The highest BCUT2D eigenvalue weighted by Gasteiger charge is 2.66. The van der Waals surface area contributed by atoms with Gasteiger partial charge in [0.05, 0.1) is 24.0 Å². The number of hydrogen-bond donors (Lipinski definition) is 1. The van der Waals surface area contributed by atoms with Crippen molar-refractivity contribution in [3.05, 3.63) is 70.5 Å². The second-order valence-corrected chi connectivity index (χ2v) is 17.7. The Kier molecular flexibility index (Phi) is 9.40. The van der Waals surface area contributed by atoms with E-state index in [9.17, 15) is 14.7 Å². The lowest BCUT2D eigenvalue weighted by atomic mass is 9.82. The molecule has 1 aromatic heterocycles. The molecule has 46 heavy (non-hydrogen) atoms. The standard InChI is InChI=1S/C34H43ClFN5O4Si/c1-23-32(46(2,3)36)30(14-17-39-22-26(15-18-42)37-38-39)45-34(23)28-20-25(35)12-13-29(28)41(33(34)44)21-24-9-8-10-27(19-24)40-16-7-5-4-6-11-31(40)43/h8-10,12-13,19-20,22-23,30,32,42H,4-7,11,14-18,21H2,1-3H3/t23-,30+,32-,34+/m1/s1. The Bertz CT molecular complexity index is 1600. The largest absolute Gasteiger partial charge is 0.396 e. The van der Waals surface area contributed by atoms with Crippen molar-refractivity contribution in [3.63, 3.8) is 0 Å². The highest BCUT2D eigenvalue weighted by molar-refractivity contribution is 6.72. The van der Waals surface area contributed by atoms with Crippen LogP contribution in [0.25, 0.3) is 0 Å².